The van der Waals surface area contributed by atoms with E-state index in [1.54, 1.807) is 67.6 Å². The molecule has 0 saturated heterocycles. The number of hydrazone groups is 1. The van der Waals surface area contributed by atoms with Crippen molar-refractivity contribution in [1.82, 2.24) is 5.43 Å². The lowest BCUT2D eigenvalue weighted by molar-refractivity contribution is -0.127. The van der Waals surface area contributed by atoms with Crippen LogP contribution in [-0.2, 0) is 4.79 Å². The van der Waals surface area contributed by atoms with Crippen LogP contribution in [0.3, 0.4) is 0 Å². The van der Waals surface area contributed by atoms with Gasteiger partial charge in [0, 0.05) is 10.0 Å². The molecule has 0 radical (unpaired) electrons. The van der Waals surface area contributed by atoms with Gasteiger partial charge in [-0.1, -0.05) is 46.9 Å². The van der Waals surface area contributed by atoms with Crippen molar-refractivity contribution in [3.8, 4) is 11.5 Å². The third-order valence-corrected chi connectivity index (χ3v) is 4.89. The monoisotopic (exact) mass is 490 g/mol. The minimum absolute atomic E-state index is 0.297. The fraction of sp³-hybridized carbons (Fsp3) is 0.0870. The molecule has 0 fully saturated rings. The molecule has 3 aromatic rings. The minimum Gasteiger partial charge on any atom is -0.479 e. The van der Waals surface area contributed by atoms with E-state index >= 15 is 0 Å². The van der Waals surface area contributed by atoms with E-state index in [0.29, 0.717) is 37.7 Å². The zero-order chi connectivity index (χ0) is 23.1. The molecule has 0 unspecified atom stereocenters. The third-order valence-electron chi connectivity index (χ3n) is 4.10. The Kier molecular flexibility index (Phi) is 8.11. The number of ether oxygens (including phenoxy) is 2. The topological polar surface area (TPSA) is 77.0 Å². The van der Waals surface area contributed by atoms with E-state index in [4.69, 9.17) is 44.3 Å². The van der Waals surface area contributed by atoms with Crippen LogP contribution in [-0.4, -0.2) is 24.2 Å². The Labute approximate surface area is 199 Å². The SMILES string of the molecule is C[C@H](Oc1ccc(Cl)cc1Cl)C(=O)N/N=C\c1cccc(OC(=O)c2ccc(Cl)cc2)c1. The number of halogens is 3. The van der Waals surface area contributed by atoms with E-state index in [1.165, 1.54) is 12.3 Å². The number of esters is 1. The third kappa shape index (κ3) is 6.72. The molecule has 6 nitrogen and oxygen atoms in total. The van der Waals surface area contributed by atoms with Gasteiger partial charge in [-0.05, 0) is 67.1 Å². The molecule has 0 aliphatic heterocycles. The fourth-order valence-corrected chi connectivity index (χ4v) is 3.07. The summed E-state index contributed by atoms with van der Waals surface area (Å²) < 4.78 is 10.9. The lowest BCUT2D eigenvalue weighted by Crippen LogP contribution is -2.33. The first kappa shape index (κ1) is 23.6. The Hall–Kier alpha value is -3.06. The van der Waals surface area contributed by atoms with Crippen LogP contribution in [0, 0.1) is 0 Å². The highest BCUT2D eigenvalue weighted by Gasteiger charge is 2.15. The average Bonchev–Trinajstić information content (AvgIpc) is 2.76. The molecule has 0 bridgehead atoms. The standard InChI is InChI=1S/C23H17Cl3N2O4/c1-14(31-21-10-9-18(25)12-20(21)26)22(29)28-27-13-15-3-2-4-19(11-15)32-23(30)16-5-7-17(24)8-6-16/h2-14H,1H3,(H,28,29)/b27-13-/t14-/m0/s1. The summed E-state index contributed by atoms with van der Waals surface area (Å²) in [5.74, 6) is -0.333. The zero-order valence-electron chi connectivity index (χ0n) is 16.7. The molecule has 0 heterocycles. The largest absolute Gasteiger partial charge is 0.479 e. The highest BCUT2D eigenvalue weighted by atomic mass is 35.5. The second-order valence-corrected chi connectivity index (χ2v) is 7.82. The Morgan fingerprint density at radius 3 is 2.41 bits per heavy atom. The normalized spacial score (nSPS) is 11.8. The lowest BCUT2D eigenvalue weighted by atomic mass is 10.2. The summed E-state index contributed by atoms with van der Waals surface area (Å²) in [6.07, 6.45) is 0.567. The van der Waals surface area contributed by atoms with Gasteiger partial charge in [-0.15, -0.1) is 0 Å². The number of nitrogens with zero attached hydrogens (tertiary/aromatic N) is 1. The number of amides is 1. The highest BCUT2D eigenvalue weighted by Crippen LogP contribution is 2.28. The van der Waals surface area contributed by atoms with Crippen LogP contribution in [0.1, 0.15) is 22.8 Å². The maximum atomic E-state index is 12.2. The van der Waals surface area contributed by atoms with Crippen molar-refractivity contribution in [2.75, 3.05) is 0 Å². The molecule has 0 aromatic heterocycles. The van der Waals surface area contributed by atoms with Gasteiger partial charge in [0.25, 0.3) is 5.91 Å². The zero-order valence-corrected chi connectivity index (χ0v) is 19.0. The van der Waals surface area contributed by atoms with Gasteiger partial charge in [-0.3, -0.25) is 4.79 Å². The number of rotatable bonds is 7. The number of hydrogen-bond donors (Lipinski definition) is 1. The number of carbonyl (C=O) groups is 2. The molecule has 3 aromatic carbocycles. The van der Waals surface area contributed by atoms with Crippen LogP contribution in [0.4, 0.5) is 0 Å². The minimum atomic E-state index is -0.850. The van der Waals surface area contributed by atoms with Gasteiger partial charge in [0.05, 0.1) is 16.8 Å². The maximum absolute atomic E-state index is 12.2. The second kappa shape index (κ2) is 11.0. The second-order valence-electron chi connectivity index (χ2n) is 6.54. The van der Waals surface area contributed by atoms with E-state index in [0.717, 1.165) is 0 Å². The molecule has 1 amide bonds. The molecule has 0 spiro atoms. The number of nitrogens with one attached hydrogen (secondary N) is 1. The molecule has 0 saturated carbocycles. The maximum Gasteiger partial charge on any atom is 0.343 e. The van der Waals surface area contributed by atoms with E-state index < -0.39 is 18.0 Å². The summed E-state index contributed by atoms with van der Waals surface area (Å²) in [6, 6.07) is 17.8. The van der Waals surface area contributed by atoms with Crippen LogP contribution in [0.25, 0.3) is 0 Å². The Bertz CT molecular complexity index is 1150. The Morgan fingerprint density at radius 1 is 0.969 bits per heavy atom. The quantitative estimate of drug-likeness (QED) is 0.197. The molecular formula is C23H17Cl3N2O4. The highest BCUT2D eigenvalue weighted by molar-refractivity contribution is 6.35. The summed E-state index contributed by atoms with van der Waals surface area (Å²) in [5.41, 5.74) is 3.37. The molecule has 0 aliphatic carbocycles. The van der Waals surface area contributed by atoms with Crippen LogP contribution < -0.4 is 14.9 Å². The fourth-order valence-electron chi connectivity index (χ4n) is 2.49. The van der Waals surface area contributed by atoms with E-state index in [9.17, 15) is 9.59 Å². The lowest BCUT2D eigenvalue weighted by Gasteiger charge is -2.14. The smallest absolute Gasteiger partial charge is 0.343 e. The summed E-state index contributed by atoms with van der Waals surface area (Å²) >= 11 is 17.7. The van der Waals surface area contributed by atoms with Gasteiger partial charge in [0.1, 0.15) is 11.5 Å². The van der Waals surface area contributed by atoms with Crippen molar-refractivity contribution >= 4 is 52.9 Å². The number of benzene rings is 3. The summed E-state index contributed by atoms with van der Waals surface area (Å²) in [6.45, 7) is 1.56. The van der Waals surface area contributed by atoms with Crippen molar-refractivity contribution in [2.45, 2.75) is 13.0 Å². The van der Waals surface area contributed by atoms with Gasteiger partial charge >= 0.3 is 5.97 Å². The van der Waals surface area contributed by atoms with E-state index in [1.807, 2.05) is 0 Å². The molecule has 9 heteroatoms. The van der Waals surface area contributed by atoms with Gasteiger partial charge < -0.3 is 9.47 Å². The van der Waals surface area contributed by atoms with Gasteiger partial charge in [0.15, 0.2) is 6.10 Å². The first-order valence-corrected chi connectivity index (χ1v) is 10.5. The van der Waals surface area contributed by atoms with Crippen molar-refractivity contribution in [3.63, 3.8) is 0 Å². The van der Waals surface area contributed by atoms with Crippen LogP contribution >= 0.6 is 34.8 Å². The van der Waals surface area contributed by atoms with Gasteiger partial charge in [0.2, 0.25) is 0 Å². The molecule has 1 N–H and O–H groups in total. The van der Waals surface area contributed by atoms with Crippen molar-refractivity contribution in [3.05, 3.63) is 92.9 Å². The summed E-state index contributed by atoms with van der Waals surface area (Å²) in [7, 11) is 0. The summed E-state index contributed by atoms with van der Waals surface area (Å²) in [4.78, 5) is 24.4. The average molecular weight is 492 g/mol. The van der Waals surface area contributed by atoms with Gasteiger partial charge in [-0.2, -0.15) is 5.10 Å². The molecule has 0 aliphatic rings. The number of carbonyl (C=O) groups excluding carboxylic acids is 2. The molecule has 1 atom stereocenters. The van der Waals surface area contributed by atoms with Crippen LogP contribution in [0.5, 0.6) is 11.5 Å². The summed E-state index contributed by atoms with van der Waals surface area (Å²) in [5, 5.41) is 5.20. The van der Waals surface area contributed by atoms with Crippen molar-refractivity contribution in [2.24, 2.45) is 5.10 Å². The number of hydrogen-bond acceptors (Lipinski definition) is 5. The van der Waals surface area contributed by atoms with Crippen molar-refractivity contribution < 1.29 is 19.1 Å². The van der Waals surface area contributed by atoms with Crippen LogP contribution in [0.15, 0.2) is 71.8 Å². The van der Waals surface area contributed by atoms with Gasteiger partial charge in [-0.25, -0.2) is 10.2 Å². The van der Waals surface area contributed by atoms with Crippen LogP contribution in [0.2, 0.25) is 15.1 Å². The molecule has 32 heavy (non-hydrogen) atoms. The Morgan fingerprint density at radius 2 is 1.69 bits per heavy atom. The Balaban J connectivity index is 1.56. The van der Waals surface area contributed by atoms with E-state index in [2.05, 4.69) is 10.5 Å². The first-order chi connectivity index (χ1) is 15.3. The van der Waals surface area contributed by atoms with E-state index in [-0.39, 0.29) is 0 Å². The predicted molar refractivity (Wildman–Crippen MR) is 125 cm³/mol. The molecule has 164 valence electrons. The van der Waals surface area contributed by atoms with Crippen molar-refractivity contribution in [1.29, 1.82) is 0 Å². The molecule has 3 rings (SSSR count). The first-order valence-electron chi connectivity index (χ1n) is 9.34. The molecular weight excluding hydrogens is 475 g/mol. The predicted octanol–water partition coefficient (Wildman–Crippen LogP) is 5.78.